The Morgan fingerprint density at radius 1 is 1.29 bits per heavy atom. The Labute approximate surface area is 129 Å². The lowest BCUT2D eigenvalue weighted by molar-refractivity contribution is 0.101. The van der Waals surface area contributed by atoms with Crippen LogP contribution in [0.2, 0.25) is 5.02 Å². The Bertz CT molecular complexity index is 631. The zero-order valence-corrected chi connectivity index (χ0v) is 12.8. The van der Waals surface area contributed by atoms with Gasteiger partial charge in [0.25, 0.3) is 0 Å². The topological polar surface area (TPSA) is 38.1 Å². The standard InChI is InChI=1S/C16H18ClN3O/c1-12(21)13-9-14(17)11-16(10-13)19-7-3-15(4-8-19)20-6-2-5-18-20/h2,5-6,9-11,15H,3-4,7-8H2,1H3. The number of Topliss-reactive ketones (excluding diaryl/α,β-unsaturated/α-hetero) is 1. The molecule has 1 saturated heterocycles. The molecule has 0 bridgehead atoms. The molecule has 1 aromatic heterocycles. The molecule has 0 spiro atoms. The first-order valence-corrected chi connectivity index (χ1v) is 7.57. The summed E-state index contributed by atoms with van der Waals surface area (Å²) in [5, 5.41) is 4.94. The number of anilines is 1. The van der Waals surface area contributed by atoms with Gasteiger partial charge in [0.05, 0.1) is 6.04 Å². The number of hydrogen-bond acceptors (Lipinski definition) is 3. The van der Waals surface area contributed by atoms with E-state index >= 15 is 0 Å². The molecule has 110 valence electrons. The maximum absolute atomic E-state index is 11.6. The van der Waals surface area contributed by atoms with Gasteiger partial charge in [-0.3, -0.25) is 9.48 Å². The molecule has 2 aromatic rings. The quantitative estimate of drug-likeness (QED) is 0.813. The maximum Gasteiger partial charge on any atom is 0.159 e. The van der Waals surface area contributed by atoms with Crippen molar-refractivity contribution >= 4 is 23.1 Å². The van der Waals surface area contributed by atoms with Gasteiger partial charge in [-0.1, -0.05) is 11.6 Å². The fourth-order valence-corrected chi connectivity index (χ4v) is 3.07. The highest BCUT2D eigenvalue weighted by atomic mass is 35.5. The molecule has 5 heteroatoms. The van der Waals surface area contributed by atoms with Gasteiger partial charge in [0.1, 0.15) is 0 Å². The highest BCUT2D eigenvalue weighted by molar-refractivity contribution is 6.31. The smallest absolute Gasteiger partial charge is 0.159 e. The fraction of sp³-hybridized carbons (Fsp3) is 0.375. The minimum Gasteiger partial charge on any atom is -0.371 e. The van der Waals surface area contributed by atoms with E-state index in [-0.39, 0.29) is 5.78 Å². The molecule has 0 N–H and O–H groups in total. The van der Waals surface area contributed by atoms with Crippen molar-refractivity contribution < 1.29 is 4.79 Å². The number of hydrogen-bond donors (Lipinski definition) is 0. The molecular weight excluding hydrogens is 286 g/mol. The summed E-state index contributed by atoms with van der Waals surface area (Å²) in [5.41, 5.74) is 1.71. The third-order valence-corrected chi connectivity index (χ3v) is 4.24. The Kier molecular flexibility index (Phi) is 3.97. The number of rotatable bonds is 3. The van der Waals surface area contributed by atoms with E-state index in [9.17, 15) is 4.79 Å². The summed E-state index contributed by atoms with van der Waals surface area (Å²) < 4.78 is 2.04. The summed E-state index contributed by atoms with van der Waals surface area (Å²) in [6.07, 6.45) is 5.93. The summed E-state index contributed by atoms with van der Waals surface area (Å²) in [5.74, 6) is 0.0465. The van der Waals surface area contributed by atoms with Gasteiger partial charge < -0.3 is 4.90 Å². The van der Waals surface area contributed by atoms with Crippen LogP contribution in [-0.4, -0.2) is 28.7 Å². The number of carbonyl (C=O) groups is 1. The van der Waals surface area contributed by atoms with E-state index < -0.39 is 0 Å². The lowest BCUT2D eigenvalue weighted by Crippen LogP contribution is -2.34. The first-order valence-electron chi connectivity index (χ1n) is 7.19. The van der Waals surface area contributed by atoms with Crippen LogP contribution in [0.1, 0.15) is 36.2 Å². The van der Waals surface area contributed by atoms with Crippen LogP contribution in [-0.2, 0) is 0 Å². The summed E-state index contributed by atoms with van der Waals surface area (Å²) in [4.78, 5) is 13.8. The summed E-state index contributed by atoms with van der Waals surface area (Å²) in [7, 11) is 0. The van der Waals surface area contributed by atoms with Gasteiger partial charge >= 0.3 is 0 Å². The predicted octanol–water partition coefficient (Wildman–Crippen LogP) is 3.58. The van der Waals surface area contributed by atoms with E-state index in [4.69, 9.17) is 11.6 Å². The minimum absolute atomic E-state index is 0.0465. The molecule has 3 rings (SSSR count). The third-order valence-electron chi connectivity index (χ3n) is 4.02. The zero-order chi connectivity index (χ0) is 14.8. The molecule has 2 heterocycles. The molecule has 0 unspecified atom stereocenters. The molecule has 0 aliphatic carbocycles. The normalized spacial score (nSPS) is 16.2. The number of ketones is 1. The van der Waals surface area contributed by atoms with Gasteiger partial charge in [0.2, 0.25) is 0 Å². The number of nitrogens with zero attached hydrogens (tertiary/aromatic N) is 3. The molecule has 1 fully saturated rings. The van der Waals surface area contributed by atoms with E-state index in [2.05, 4.69) is 10.00 Å². The number of piperidine rings is 1. The van der Waals surface area contributed by atoms with Crippen LogP contribution in [0.3, 0.4) is 0 Å². The van der Waals surface area contributed by atoms with Crippen LogP contribution in [0.25, 0.3) is 0 Å². The Hall–Kier alpha value is -1.81. The van der Waals surface area contributed by atoms with Gasteiger partial charge in [-0.2, -0.15) is 5.10 Å². The number of halogens is 1. The van der Waals surface area contributed by atoms with Crippen molar-refractivity contribution in [2.24, 2.45) is 0 Å². The van der Waals surface area contributed by atoms with Gasteiger partial charge in [-0.15, -0.1) is 0 Å². The Morgan fingerprint density at radius 3 is 2.67 bits per heavy atom. The molecule has 0 atom stereocenters. The Morgan fingerprint density at radius 2 is 2.05 bits per heavy atom. The van der Waals surface area contributed by atoms with E-state index in [1.165, 1.54) is 0 Å². The van der Waals surface area contributed by atoms with E-state index in [0.717, 1.165) is 31.6 Å². The van der Waals surface area contributed by atoms with Gasteiger partial charge in [0.15, 0.2) is 5.78 Å². The van der Waals surface area contributed by atoms with E-state index in [0.29, 0.717) is 16.6 Å². The molecule has 0 amide bonds. The summed E-state index contributed by atoms with van der Waals surface area (Å²) in [6, 6.07) is 8.01. The van der Waals surface area contributed by atoms with Gasteiger partial charge in [0, 0.05) is 41.8 Å². The molecule has 0 radical (unpaired) electrons. The van der Waals surface area contributed by atoms with Crippen LogP contribution in [0.4, 0.5) is 5.69 Å². The molecule has 21 heavy (non-hydrogen) atoms. The van der Waals surface area contributed by atoms with Crippen LogP contribution in [0.15, 0.2) is 36.7 Å². The van der Waals surface area contributed by atoms with Crippen molar-refractivity contribution in [2.45, 2.75) is 25.8 Å². The first kappa shape index (κ1) is 14.1. The van der Waals surface area contributed by atoms with Crippen molar-refractivity contribution in [1.82, 2.24) is 9.78 Å². The van der Waals surface area contributed by atoms with Crippen molar-refractivity contribution in [3.8, 4) is 0 Å². The SMILES string of the molecule is CC(=O)c1cc(Cl)cc(N2CCC(n3cccn3)CC2)c1. The monoisotopic (exact) mass is 303 g/mol. The molecule has 1 aliphatic heterocycles. The number of carbonyl (C=O) groups excluding carboxylic acids is 1. The average molecular weight is 304 g/mol. The third kappa shape index (κ3) is 3.10. The second kappa shape index (κ2) is 5.90. The first-order chi connectivity index (χ1) is 10.1. The van der Waals surface area contributed by atoms with Crippen molar-refractivity contribution in [3.05, 3.63) is 47.2 Å². The Balaban J connectivity index is 1.73. The van der Waals surface area contributed by atoms with E-state index in [1.54, 1.807) is 13.0 Å². The second-order valence-corrected chi connectivity index (χ2v) is 5.90. The van der Waals surface area contributed by atoms with Crippen molar-refractivity contribution in [2.75, 3.05) is 18.0 Å². The van der Waals surface area contributed by atoms with Crippen LogP contribution < -0.4 is 4.90 Å². The minimum atomic E-state index is 0.0465. The molecular formula is C16H18ClN3O. The highest BCUT2D eigenvalue weighted by Gasteiger charge is 2.21. The van der Waals surface area contributed by atoms with E-state index in [1.807, 2.05) is 35.3 Å². The molecule has 4 nitrogen and oxygen atoms in total. The molecule has 1 aromatic carbocycles. The highest BCUT2D eigenvalue weighted by Crippen LogP contribution is 2.28. The van der Waals surface area contributed by atoms with Gasteiger partial charge in [-0.05, 0) is 44.0 Å². The largest absolute Gasteiger partial charge is 0.371 e. The van der Waals surface area contributed by atoms with Gasteiger partial charge in [-0.25, -0.2) is 0 Å². The fourth-order valence-electron chi connectivity index (χ4n) is 2.85. The van der Waals surface area contributed by atoms with Crippen LogP contribution in [0, 0.1) is 0 Å². The lowest BCUT2D eigenvalue weighted by atomic mass is 10.0. The molecule has 1 aliphatic rings. The number of benzene rings is 1. The van der Waals surface area contributed by atoms with Crippen LogP contribution in [0.5, 0.6) is 0 Å². The average Bonchev–Trinajstić information content (AvgIpc) is 3.01. The summed E-state index contributed by atoms with van der Waals surface area (Å²) >= 11 is 6.13. The zero-order valence-electron chi connectivity index (χ0n) is 12.0. The lowest BCUT2D eigenvalue weighted by Gasteiger charge is -2.34. The molecule has 0 saturated carbocycles. The number of aromatic nitrogens is 2. The second-order valence-electron chi connectivity index (χ2n) is 5.46. The predicted molar refractivity (Wildman–Crippen MR) is 84.2 cm³/mol. The van der Waals surface area contributed by atoms with Crippen LogP contribution >= 0.6 is 11.6 Å². The van der Waals surface area contributed by atoms with Crippen molar-refractivity contribution in [1.29, 1.82) is 0 Å². The maximum atomic E-state index is 11.6. The van der Waals surface area contributed by atoms with Crippen molar-refractivity contribution in [3.63, 3.8) is 0 Å². The summed E-state index contributed by atoms with van der Waals surface area (Å²) in [6.45, 7) is 3.46.